The number of ether oxygens (including phenoxy) is 1. The first-order chi connectivity index (χ1) is 13.2. The normalized spacial score (nSPS) is 10.9. The van der Waals surface area contributed by atoms with E-state index in [1.165, 1.54) is 0 Å². The highest BCUT2D eigenvalue weighted by molar-refractivity contribution is 6.06. The summed E-state index contributed by atoms with van der Waals surface area (Å²) in [6.07, 6.45) is 1.66. The van der Waals surface area contributed by atoms with E-state index < -0.39 is 0 Å². The van der Waals surface area contributed by atoms with Crippen molar-refractivity contribution in [2.24, 2.45) is 0 Å². The van der Waals surface area contributed by atoms with Crippen molar-refractivity contribution in [1.82, 2.24) is 9.78 Å². The number of nitrogens with zero attached hydrogens (tertiary/aromatic N) is 2. The van der Waals surface area contributed by atoms with Crippen LogP contribution < -0.4 is 10.1 Å². The van der Waals surface area contributed by atoms with Gasteiger partial charge in [0.05, 0.1) is 19.9 Å². The van der Waals surface area contributed by atoms with Gasteiger partial charge in [0.15, 0.2) is 5.76 Å². The summed E-state index contributed by atoms with van der Waals surface area (Å²) in [6, 6.07) is 17.2. The average molecular weight is 361 g/mol. The van der Waals surface area contributed by atoms with E-state index in [2.05, 4.69) is 10.4 Å². The van der Waals surface area contributed by atoms with Gasteiger partial charge in [-0.3, -0.25) is 4.79 Å². The molecule has 4 aromatic rings. The van der Waals surface area contributed by atoms with Crippen LogP contribution in [0.4, 0.5) is 5.82 Å². The van der Waals surface area contributed by atoms with Gasteiger partial charge >= 0.3 is 0 Å². The number of hydrogen-bond acceptors (Lipinski definition) is 4. The third-order valence-corrected chi connectivity index (χ3v) is 4.48. The third-order valence-electron chi connectivity index (χ3n) is 4.48. The number of aryl methyl sites for hydroxylation is 1. The molecule has 0 aliphatic rings. The first kappa shape index (κ1) is 16.9. The Hall–Kier alpha value is -3.54. The summed E-state index contributed by atoms with van der Waals surface area (Å²) in [5.41, 5.74) is 2.52. The minimum atomic E-state index is -0.308. The number of methoxy groups -OCH3 is 1. The fourth-order valence-electron chi connectivity index (χ4n) is 3.04. The minimum absolute atomic E-state index is 0.283. The minimum Gasteiger partial charge on any atom is -0.497 e. The summed E-state index contributed by atoms with van der Waals surface area (Å²) in [5, 5.41) is 8.05. The second kappa shape index (κ2) is 6.99. The molecule has 0 unspecified atom stereocenters. The molecule has 0 aliphatic carbocycles. The van der Waals surface area contributed by atoms with Crippen LogP contribution in [0, 0.1) is 6.92 Å². The number of amides is 1. The highest BCUT2D eigenvalue weighted by Crippen LogP contribution is 2.29. The van der Waals surface area contributed by atoms with Crippen molar-refractivity contribution in [3.8, 4) is 5.75 Å². The second-order valence-electron chi connectivity index (χ2n) is 6.23. The van der Waals surface area contributed by atoms with Crippen LogP contribution in [-0.2, 0) is 6.54 Å². The standard InChI is InChI=1S/C21H19N3O3/c1-14-17-12-16(26-2)8-9-18(17)27-20(14)21(25)23-19-10-11-22-24(19)13-15-6-4-3-5-7-15/h3-12H,13H2,1-2H3,(H,23,25). The molecule has 2 aromatic heterocycles. The molecule has 6 nitrogen and oxygen atoms in total. The molecule has 2 heterocycles. The van der Waals surface area contributed by atoms with Crippen molar-refractivity contribution in [3.05, 3.63) is 77.7 Å². The van der Waals surface area contributed by atoms with E-state index in [9.17, 15) is 4.79 Å². The molecular formula is C21H19N3O3. The lowest BCUT2D eigenvalue weighted by molar-refractivity contribution is 0.0997. The van der Waals surface area contributed by atoms with Gasteiger partial charge in [0, 0.05) is 17.0 Å². The SMILES string of the molecule is COc1ccc2oc(C(=O)Nc3ccnn3Cc3ccccc3)c(C)c2c1. The van der Waals surface area contributed by atoms with E-state index in [0.29, 0.717) is 17.9 Å². The molecule has 2 aromatic carbocycles. The average Bonchev–Trinajstić information content (AvgIpc) is 3.26. The highest BCUT2D eigenvalue weighted by atomic mass is 16.5. The number of furan rings is 1. The van der Waals surface area contributed by atoms with Crippen LogP contribution in [0.15, 0.2) is 65.2 Å². The number of carbonyl (C=O) groups is 1. The summed E-state index contributed by atoms with van der Waals surface area (Å²) in [7, 11) is 1.61. The number of aromatic nitrogens is 2. The third kappa shape index (κ3) is 3.29. The number of carbonyl (C=O) groups excluding carboxylic acids is 1. The molecule has 0 radical (unpaired) electrons. The van der Waals surface area contributed by atoms with Crippen LogP contribution in [0.1, 0.15) is 21.7 Å². The molecule has 0 bridgehead atoms. The quantitative estimate of drug-likeness (QED) is 0.577. The van der Waals surface area contributed by atoms with E-state index in [1.807, 2.05) is 49.4 Å². The van der Waals surface area contributed by atoms with Gasteiger partial charge in [0.1, 0.15) is 17.2 Å². The number of rotatable bonds is 5. The smallest absolute Gasteiger partial charge is 0.292 e. The molecule has 1 amide bonds. The lowest BCUT2D eigenvalue weighted by atomic mass is 10.1. The molecule has 0 spiro atoms. The van der Waals surface area contributed by atoms with Gasteiger partial charge in [-0.2, -0.15) is 5.10 Å². The molecule has 4 rings (SSSR count). The fourth-order valence-corrected chi connectivity index (χ4v) is 3.04. The van der Waals surface area contributed by atoms with Crippen LogP contribution in [-0.4, -0.2) is 22.8 Å². The van der Waals surface area contributed by atoms with E-state index in [-0.39, 0.29) is 11.7 Å². The van der Waals surface area contributed by atoms with Gasteiger partial charge in [0.2, 0.25) is 0 Å². The Kier molecular flexibility index (Phi) is 4.38. The molecule has 0 fully saturated rings. The van der Waals surface area contributed by atoms with Gasteiger partial charge in [-0.15, -0.1) is 0 Å². The number of nitrogens with one attached hydrogen (secondary N) is 1. The second-order valence-corrected chi connectivity index (χ2v) is 6.23. The zero-order valence-electron chi connectivity index (χ0n) is 15.1. The Bertz CT molecular complexity index is 1100. The van der Waals surface area contributed by atoms with Crippen molar-refractivity contribution >= 4 is 22.7 Å². The summed E-state index contributed by atoms with van der Waals surface area (Å²) in [4.78, 5) is 12.8. The van der Waals surface area contributed by atoms with E-state index in [1.54, 1.807) is 30.1 Å². The predicted molar refractivity (Wildman–Crippen MR) is 103 cm³/mol. The number of benzene rings is 2. The summed E-state index contributed by atoms with van der Waals surface area (Å²) >= 11 is 0. The maximum absolute atomic E-state index is 12.8. The first-order valence-corrected chi connectivity index (χ1v) is 8.60. The molecule has 0 saturated heterocycles. The Morgan fingerprint density at radius 1 is 1.19 bits per heavy atom. The topological polar surface area (TPSA) is 69.3 Å². The Labute approximate surface area is 156 Å². The lowest BCUT2D eigenvalue weighted by Gasteiger charge is -2.08. The lowest BCUT2D eigenvalue weighted by Crippen LogP contribution is -2.16. The Morgan fingerprint density at radius 2 is 2.00 bits per heavy atom. The van der Waals surface area contributed by atoms with Crippen molar-refractivity contribution in [2.45, 2.75) is 13.5 Å². The van der Waals surface area contributed by atoms with E-state index in [4.69, 9.17) is 9.15 Å². The molecular weight excluding hydrogens is 342 g/mol. The monoisotopic (exact) mass is 361 g/mol. The predicted octanol–water partition coefficient (Wildman–Crippen LogP) is 4.25. The van der Waals surface area contributed by atoms with Crippen molar-refractivity contribution in [1.29, 1.82) is 0 Å². The zero-order valence-corrected chi connectivity index (χ0v) is 15.1. The van der Waals surface area contributed by atoms with Crippen molar-refractivity contribution in [3.63, 3.8) is 0 Å². The van der Waals surface area contributed by atoms with Gasteiger partial charge in [-0.1, -0.05) is 30.3 Å². The van der Waals surface area contributed by atoms with Gasteiger partial charge < -0.3 is 14.5 Å². The molecule has 0 atom stereocenters. The largest absolute Gasteiger partial charge is 0.497 e. The first-order valence-electron chi connectivity index (χ1n) is 8.60. The van der Waals surface area contributed by atoms with Gasteiger partial charge in [-0.05, 0) is 30.7 Å². The maximum atomic E-state index is 12.8. The molecule has 6 heteroatoms. The fraction of sp³-hybridized carbons (Fsp3) is 0.143. The Morgan fingerprint density at radius 3 is 2.78 bits per heavy atom. The number of fused-ring (bicyclic) bond motifs is 1. The van der Waals surface area contributed by atoms with Crippen LogP contribution in [0.2, 0.25) is 0 Å². The Balaban J connectivity index is 1.59. The van der Waals surface area contributed by atoms with Crippen LogP contribution >= 0.6 is 0 Å². The molecule has 0 aliphatic heterocycles. The summed E-state index contributed by atoms with van der Waals surface area (Å²) in [6.45, 7) is 2.43. The summed E-state index contributed by atoms with van der Waals surface area (Å²) < 4.78 is 12.8. The molecule has 136 valence electrons. The van der Waals surface area contributed by atoms with Crippen LogP contribution in [0.5, 0.6) is 5.75 Å². The van der Waals surface area contributed by atoms with Crippen molar-refractivity contribution in [2.75, 3.05) is 12.4 Å². The van der Waals surface area contributed by atoms with E-state index >= 15 is 0 Å². The van der Waals surface area contributed by atoms with Crippen LogP contribution in [0.25, 0.3) is 11.0 Å². The molecule has 1 N–H and O–H groups in total. The molecule has 0 saturated carbocycles. The summed E-state index contributed by atoms with van der Waals surface area (Å²) in [5.74, 6) is 1.31. The van der Waals surface area contributed by atoms with Crippen LogP contribution in [0.3, 0.4) is 0 Å². The maximum Gasteiger partial charge on any atom is 0.292 e. The number of anilines is 1. The zero-order chi connectivity index (χ0) is 18.8. The van der Waals surface area contributed by atoms with Gasteiger partial charge in [-0.25, -0.2) is 4.68 Å². The highest BCUT2D eigenvalue weighted by Gasteiger charge is 2.19. The van der Waals surface area contributed by atoms with Gasteiger partial charge in [0.25, 0.3) is 5.91 Å². The van der Waals surface area contributed by atoms with Crippen molar-refractivity contribution < 1.29 is 13.9 Å². The number of hydrogen-bond donors (Lipinski definition) is 1. The molecule has 27 heavy (non-hydrogen) atoms. The van der Waals surface area contributed by atoms with E-state index in [0.717, 1.165) is 22.3 Å².